The molecule has 0 amide bonds. The maximum atomic E-state index is 8.82. The summed E-state index contributed by atoms with van der Waals surface area (Å²) < 4.78 is 5.34. The van der Waals surface area contributed by atoms with E-state index >= 15 is 0 Å². The summed E-state index contributed by atoms with van der Waals surface area (Å²) in [4.78, 5) is 0. The predicted molar refractivity (Wildman–Crippen MR) is 65.2 cm³/mol. The van der Waals surface area contributed by atoms with Crippen molar-refractivity contribution in [2.75, 3.05) is 13.2 Å². The zero-order valence-corrected chi connectivity index (χ0v) is 10.5. The Kier molecular flexibility index (Phi) is 5.03. The van der Waals surface area contributed by atoms with E-state index in [4.69, 9.17) is 9.52 Å². The van der Waals surface area contributed by atoms with E-state index < -0.39 is 0 Å². The van der Waals surface area contributed by atoms with Crippen LogP contribution in [0.15, 0.2) is 22.8 Å². The van der Waals surface area contributed by atoms with Crippen LogP contribution >= 0.6 is 0 Å². The van der Waals surface area contributed by atoms with Gasteiger partial charge in [-0.05, 0) is 37.3 Å². The Labute approximate surface area is 97.9 Å². The minimum absolute atomic E-state index is 0.212. The van der Waals surface area contributed by atoms with E-state index in [0.29, 0.717) is 0 Å². The molecule has 0 aliphatic rings. The van der Waals surface area contributed by atoms with E-state index in [1.54, 1.807) is 6.26 Å². The molecule has 16 heavy (non-hydrogen) atoms. The molecule has 0 spiro atoms. The van der Waals surface area contributed by atoms with Crippen molar-refractivity contribution < 1.29 is 9.52 Å². The second-order valence-electron chi connectivity index (χ2n) is 5.11. The molecule has 1 heterocycles. The lowest BCUT2D eigenvalue weighted by Crippen LogP contribution is -2.31. The molecule has 0 saturated heterocycles. The van der Waals surface area contributed by atoms with Crippen LogP contribution in [0.25, 0.3) is 0 Å². The van der Waals surface area contributed by atoms with E-state index in [0.717, 1.165) is 25.1 Å². The van der Waals surface area contributed by atoms with Gasteiger partial charge in [-0.3, -0.25) is 0 Å². The fourth-order valence-corrected chi connectivity index (χ4v) is 1.71. The summed E-state index contributed by atoms with van der Waals surface area (Å²) in [6.45, 7) is 7.72. The summed E-state index contributed by atoms with van der Waals surface area (Å²) in [5.74, 6) is 0.970. The first-order chi connectivity index (χ1) is 7.55. The van der Waals surface area contributed by atoms with Crippen LogP contribution < -0.4 is 5.32 Å². The minimum Gasteiger partial charge on any atom is -0.468 e. The van der Waals surface area contributed by atoms with Crippen LogP contribution in [0.5, 0.6) is 0 Å². The Bertz CT molecular complexity index is 280. The lowest BCUT2D eigenvalue weighted by atomic mass is 9.87. The van der Waals surface area contributed by atoms with Crippen LogP contribution in [0, 0.1) is 5.41 Å². The first-order valence-electron chi connectivity index (χ1n) is 5.93. The molecule has 92 valence electrons. The third kappa shape index (κ3) is 4.37. The molecule has 1 atom stereocenters. The van der Waals surface area contributed by atoms with Crippen LogP contribution in [-0.2, 0) is 0 Å². The lowest BCUT2D eigenvalue weighted by Gasteiger charge is -2.26. The van der Waals surface area contributed by atoms with Gasteiger partial charge in [0.15, 0.2) is 0 Å². The van der Waals surface area contributed by atoms with Crippen molar-refractivity contribution in [3.8, 4) is 0 Å². The highest BCUT2D eigenvalue weighted by atomic mass is 16.3. The van der Waals surface area contributed by atoms with Gasteiger partial charge in [0, 0.05) is 13.2 Å². The predicted octanol–water partition coefficient (Wildman–Crippen LogP) is 2.73. The highest BCUT2D eigenvalue weighted by Gasteiger charge is 2.18. The smallest absolute Gasteiger partial charge is 0.120 e. The van der Waals surface area contributed by atoms with E-state index in [9.17, 15) is 0 Å². The van der Waals surface area contributed by atoms with Crippen LogP contribution in [0.3, 0.4) is 0 Å². The Balaban J connectivity index is 2.33. The molecule has 1 rings (SSSR count). The minimum atomic E-state index is 0.212. The largest absolute Gasteiger partial charge is 0.468 e. The van der Waals surface area contributed by atoms with Crippen molar-refractivity contribution >= 4 is 0 Å². The van der Waals surface area contributed by atoms with Crippen molar-refractivity contribution in [3.05, 3.63) is 24.2 Å². The average molecular weight is 225 g/mol. The molecule has 0 saturated carbocycles. The highest BCUT2D eigenvalue weighted by Crippen LogP contribution is 2.22. The summed E-state index contributed by atoms with van der Waals surface area (Å²) in [6.07, 6.45) is 3.59. The number of aliphatic hydroxyl groups is 1. The van der Waals surface area contributed by atoms with Crippen molar-refractivity contribution in [2.45, 2.75) is 39.7 Å². The lowest BCUT2D eigenvalue weighted by molar-refractivity contribution is 0.230. The normalized spacial score (nSPS) is 14.0. The fraction of sp³-hybridized carbons (Fsp3) is 0.692. The van der Waals surface area contributed by atoms with Gasteiger partial charge in [0.1, 0.15) is 5.76 Å². The van der Waals surface area contributed by atoms with Crippen molar-refractivity contribution in [3.63, 3.8) is 0 Å². The van der Waals surface area contributed by atoms with Crippen LogP contribution in [0.1, 0.15) is 45.4 Å². The van der Waals surface area contributed by atoms with Gasteiger partial charge in [-0.15, -0.1) is 0 Å². The molecule has 1 aromatic heterocycles. The molecular formula is C13H23NO2. The van der Waals surface area contributed by atoms with Crippen molar-refractivity contribution in [1.29, 1.82) is 0 Å². The van der Waals surface area contributed by atoms with Gasteiger partial charge >= 0.3 is 0 Å². The molecular weight excluding hydrogens is 202 g/mol. The summed E-state index contributed by atoms with van der Waals surface area (Å²) in [5, 5.41) is 12.3. The zero-order valence-electron chi connectivity index (χ0n) is 10.5. The van der Waals surface area contributed by atoms with Gasteiger partial charge in [0.05, 0.1) is 12.3 Å². The number of nitrogens with one attached hydrogen (secondary N) is 1. The van der Waals surface area contributed by atoms with Gasteiger partial charge in [0.25, 0.3) is 0 Å². The quantitative estimate of drug-likeness (QED) is 0.750. The number of hydrogen-bond donors (Lipinski definition) is 2. The highest BCUT2D eigenvalue weighted by molar-refractivity contribution is 5.03. The van der Waals surface area contributed by atoms with Crippen LogP contribution in [0.2, 0.25) is 0 Å². The number of aliphatic hydroxyl groups excluding tert-OH is 1. The third-order valence-electron chi connectivity index (χ3n) is 2.87. The molecule has 1 unspecified atom stereocenters. The molecule has 0 fully saturated rings. The molecule has 2 N–H and O–H groups in total. The van der Waals surface area contributed by atoms with Gasteiger partial charge in [-0.25, -0.2) is 0 Å². The zero-order chi connectivity index (χ0) is 12.0. The molecule has 0 aliphatic heterocycles. The summed E-state index contributed by atoms with van der Waals surface area (Å²) >= 11 is 0. The third-order valence-corrected chi connectivity index (χ3v) is 2.87. The topological polar surface area (TPSA) is 45.4 Å². The van der Waals surface area contributed by atoms with Gasteiger partial charge in [-0.1, -0.05) is 13.8 Å². The van der Waals surface area contributed by atoms with E-state index in [1.165, 1.54) is 0 Å². The Morgan fingerprint density at radius 2 is 2.25 bits per heavy atom. The molecule has 0 bridgehead atoms. The SMILES string of the molecule is CC(NCC(C)(C)CCCO)c1ccco1. The number of furan rings is 1. The standard InChI is InChI=1S/C13H23NO2/c1-11(12-6-4-9-16-12)14-10-13(2,3)7-5-8-15/h4,6,9,11,14-15H,5,7-8,10H2,1-3H3. The maximum absolute atomic E-state index is 8.82. The van der Waals surface area contributed by atoms with Gasteiger partial charge in [0.2, 0.25) is 0 Å². The Morgan fingerprint density at radius 3 is 2.81 bits per heavy atom. The van der Waals surface area contributed by atoms with Gasteiger partial charge in [-0.2, -0.15) is 0 Å². The Morgan fingerprint density at radius 1 is 1.50 bits per heavy atom. The van der Waals surface area contributed by atoms with Crippen LogP contribution in [0.4, 0.5) is 0 Å². The molecule has 0 aromatic carbocycles. The molecule has 1 aromatic rings. The average Bonchev–Trinajstić information content (AvgIpc) is 2.77. The summed E-state index contributed by atoms with van der Waals surface area (Å²) in [5.41, 5.74) is 0.212. The van der Waals surface area contributed by atoms with E-state index in [-0.39, 0.29) is 18.1 Å². The molecule has 0 radical (unpaired) electrons. The van der Waals surface area contributed by atoms with Gasteiger partial charge < -0.3 is 14.8 Å². The summed E-state index contributed by atoms with van der Waals surface area (Å²) in [7, 11) is 0. The van der Waals surface area contributed by atoms with Crippen molar-refractivity contribution in [2.24, 2.45) is 5.41 Å². The number of hydrogen-bond acceptors (Lipinski definition) is 3. The molecule has 3 nitrogen and oxygen atoms in total. The van der Waals surface area contributed by atoms with Crippen molar-refractivity contribution in [1.82, 2.24) is 5.32 Å². The Hall–Kier alpha value is -0.800. The van der Waals surface area contributed by atoms with E-state index in [1.807, 2.05) is 12.1 Å². The first-order valence-corrected chi connectivity index (χ1v) is 5.93. The monoisotopic (exact) mass is 225 g/mol. The molecule has 3 heteroatoms. The fourth-order valence-electron chi connectivity index (χ4n) is 1.71. The summed E-state index contributed by atoms with van der Waals surface area (Å²) in [6, 6.07) is 4.13. The second kappa shape index (κ2) is 6.06. The molecule has 0 aliphatic carbocycles. The second-order valence-corrected chi connectivity index (χ2v) is 5.11. The number of rotatable bonds is 7. The van der Waals surface area contributed by atoms with Crippen LogP contribution in [-0.4, -0.2) is 18.3 Å². The maximum Gasteiger partial charge on any atom is 0.120 e. The first kappa shape index (κ1) is 13.3. The van der Waals surface area contributed by atoms with E-state index in [2.05, 4.69) is 26.1 Å².